The lowest BCUT2D eigenvalue weighted by atomic mass is 10.3. The molecule has 0 radical (unpaired) electrons. The van der Waals surface area contributed by atoms with Gasteiger partial charge in [0, 0.05) is 6.20 Å². The van der Waals surface area contributed by atoms with E-state index in [4.69, 9.17) is 6.42 Å². The Morgan fingerprint density at radius 3 is 3.00 bits per heavy atom. The highest BCUT2D eigenvalue weighted by Gasteiger charge is 2.02. The van der Waals surface area contributed by atoms with Gasteiger partial charge in [-0.1, -0.05) is 12.0 Å². The van der Waals surface area contributed by atoms with Crippen molar-refractivity contribution < 1.29 is 0 Å². The van der Waals surface area contributed by atoms with Crippen molar-refractivity contribution in [1.82, 2.24) is 4.57 Å². The summed E-state index contributed by atoms with van der Waals surface area (Å²) in [5.41, 5.74) is 1.20. The molecule has 1 nitrogen and oxygen atoms in total. The van der Waals surface area contributed by atoms with Gasteiger partial charge < -0.3 is 4.57 Å². The summed E-state index contributed by atoms with van der Waals surface area (Å²) >= 11 is 1.73. The van der Waals surface area contributed by atoms with E-state index in [0.29, 0.717) is 6.54 Å². The van der Waals surface area contributed by atoms with Gasteiger partial charge in [0.05, 0.1) is 17.1 Å². The molecular weight excluding hydrogens is 178 g/mol. The molecule has 0 amide bonds. The van der Waals surface area contributed by atoms with Crippen LogP contribution in [0.5, 0.6) is 0 Å². The topological polar surface area (TPSA) is 4.93 Å². The first-order chi connectivity index (χ1) is 6.42. The molecule has 2 aromatic rings. The maximum Gasteiger partial charge on any atom is 0.0835 e. The second-order valence-corrected chi connectivity index (χ2v) is 3.65. The lowest BCUT2D eigenvalue weighted by Crippen LogP contribution is -1.94. The minimum Gasteiger partial charge on any atom is -0.335 e. The molecule has 0 N–H and O–H groups in total. The van der Waals surface area contributed by atoms with Crippen LogP contribution in [0.2, 0.25) is 0 Å². The summed E-state index contributed by atoms with van der Waals surface area (Å²) in [6, 6.07) is 8.26. The third-order valence-electron chi connectivity index (χ3n) is 1.86. The van der Waals surface area contributed by atoms with E-state index in [-0.39, 0.29) is 0 Å². The predicted molar refractivity (Wildman–Crippen MR) is 56.6 cm³/mol. The number of aromatic nitrogens is 1. The van der Waals surface area contributed by atoms with Crippen molar-refractivity contribution in [1.29, 1.82) is 0 Å². The molecule has 2 heteroatoms. The molecule has 0 aromatic carbocycles. The first-order valence-electron chi connectivity index (χ1n) is 4.04. The summed E-state index contributed by atoms with van der Waals surface area (Å²) in [5, 5.41) is 2.07. The van der Waals surface area contributed by atoms with Gasteiger partial charge in [-0.3, -0.25) is 0 Å². The zero-order chi connectivity index (χ0) is 9.10. The van der Waals surface area contributed by atoms with E-state index in [9.17, 15) is 0 Å². The number of nitrogens with zero attached hydrogens (tertiary/aromatic N) is 1. The van der Waals surface area contributed by atoms with E-state index in [1.807, 2.05) is 18.3 Å². The van der Waals surface area contributed by atoms with Gasteiger partial charge in [-0.25, -0.2) is 0 Å². The van der Waals surface area contributed by atoms with Crippen molar-refractivity contribution in [3.05, 3.63) is 35.8 Å². The Labute approximate surface area is 81.6 Å². The lowest BCUT2D eigenvalue weighted by molar-refractivity contribution is 0.862. The molecule has 0 spiro atoms. The van der Waals surface area contributed by atoms with E-state index in [0.717, 1.165) is 0 Å². The Hall–Kier alpha value is -1.46. The van der Waals surface area contributed by atoms with Gasteiger partial charge in [-0.05, 0) is 23.6 Å². The van der Waals surface area contributed by atoms with Crippen LogP contribution in [0.25, 0.3) is 10.6 Å². The molecule has 0 unspecified atom stereocenters. The lowest BCUT2D eigenvalue weighted by Gasteiger charge is -2.02. The number of terminal acetylenes is 1. The Bertz CT molecular complexity index is 417. The largest absolute Gasteiger partial charge is 0.335 e. The van der Waals surface area contributed by atoms with E-state index in [1.165, 1.54) is 10.6 Å². The van der Waals surface area contributed by atoms with E-state index >= 15 is 0 Å². The normalized spacial score (nSPS) is 9.77. The number of thiophene rings is 1. The maximum atomic E-state index is 5.27. The fourth-order valence-electron chi connectivity index (χ4n) is 1.30. The van der Waals surface area contributed by atoms with Crippen molar-refractivity contribution >= 4 is 11.3 Å². The Kier molecular flexibility index (Phi) is 2.20. The quantitative estimate of drug-likeness (QED) is 0.637. The van der Waals surface area contributed by atoms with Crippen molar-refractivity contribution in [3.8, 4) is 22.9 Å². The van der Waals surface area contributed by atoms with Gasteiger partial charge in [-0.15, -0.1) is 17.8 Å². The van der Waals surface area contributed by atoms with Gasteiger partial charge >= 0.3 is 0 Å². The molecule has 13 heavy (non-hydrogen) atoms. The van der Waals surface area contributed by atoms with Crippen LogP contribution < -0.4 is 0 Å². The average molecular weight is 187 g/mol. The second kappa shape index (κ2) is 3.51. The van der Waals surface area contributed by atoms with Crippen LogP contribution in [-0.4, -0.2) is 4.57 Å². The molecule has 0 aliphatic heterocycles. The highest BCUT2D eigenvalue weighted by molar-refractivity contribution is 7.13. The van der Waals surface area contributed by atoms with Gasteiger partial charge in [0.25, 0.3) is 0 Å². The van der Waals surface area contributed by atoms with Crippen molar-refractivity contribution in [2.45, 2.75) is 6.54 Å². The fourth-order valence-corrected chi connectivity index (χ4v) is 2.07. The van der Waals surface area contributed by atoms with E-state index < -0.39 is 0 Å². The van der Waals surface area contributed by atoms with Crippen LogP contribution in [0.15, 0.2) is 35.8 Å². The standard InChI is InChI=1S/C11H9NS/c1-2-7-12-8-3-5-10(12)11-6-4-9-13-11/h1,3-6,8-9H,7H2. The minimum absolute atomic E-state index is 0.639. The predicted octanol–water partition coefficient (Wildman–Crippen LogP) is 2.85. The molecular formula is C11H9NS. The third-order valence-corrected chi connectivity index (χ3v) is 2.76. The number of hydrogen-bond donors (Lipinski definition) is 0. The van der Waals surface area contributed by atoms with E-state index in [2.05, 4.69) is 28.0 Å². The zero-order valence-corrected chi connectivity index (χ0v) is 7.92. The third kappa shape index (κ3) is 1.51. The molecule has 2 rings (SSSR count). The summed E-state index contributed by atoms with van der Waals surface area (Å²) in [7, 11) is 0. The summed E-state index contributed by atoms with van der Waals surface area (Å²) < 4.78 is 2.08. The summed E-state index contributed by atoms with van der Waals surface area (Å²) in [6.45, 7) is 0.639. The highest BCUT2D eigenvalue weighted by Crippen LogP contribution is 2.24. The van der Waals surface area contributed by atoms with Crippen LogP contribution in [-0.2, 0) is 6.54 Å². The van der Waals surface area contributed by atoms with Crippen LogP contribution >= 0.6 is 11.3 Å². The van der Waals surface area contributed by atoms with Crippen molar-refractivity contribution in [3.63, 3.8) is 0 Å². The monoisotopic (exact) mass is 187 g/mol. The smallest absolute Gasteiger partial charge is 0.0835 e. The number of rotatable bonds is 2. The molecule has 64 valence electrons. The average Bonchev–Trinajstić information content (AvgIpc) is 2.71. The van der Waals surface area contributed by atoms with E-state index in [1.54, 1.807) is 11.3 Å². The molecule has 0 atom stereocenters. The summed E-state index contributed by atoms with van der Waals surface area (Å²) in [5.74, 6) is 2.64. The van der Waals surface area contributed by atoms with Crippen LogP contribution in [0.3, 0.4) is 0 Å². The van der Waals surface area contributed by atoms with Crippen molar-refractivity contribution in [2.24, 2.45) is 0 Å². The zero-order valence-electron chi connectivity index (χ0n) is 7.10. The van der Waals surface area contributed by atoms with Crippen LogP contribution in [0.1, 0.15) is 0 Å². The minimum atomic E-state index is 0.639. The molecule has 0 aliphatic carbocycles. The Morgan fingerprint density at radius 1 is 1.38 bits per heavy atom. The van der Waals surface area contributed by atoms with Crippen LogP contribution in [0.4, 0.5) is 0 Å². The van der Waals surface area contributed by atoms with Gasteiger partial charge in [0.15, 0.2) is 0 Å². The highest BCUT2D eigenvalue weighted by atomic mass is 32.1. The molecule has 2 heterocycles. The van der Waals surface area contributed by atoms with Gasteiger partial charge in [-0.2, -0.15) is 0 Å². The second-order valence-electron chi connectivity index (χ2n) is 2.70. The first kappa shape index (κ1) is 8.15. The molecule has 0 saturated heterocycles. The molecule has 0 fully saturated rings. The fraction of sp³-hybridized carbons (Fsp3) is 0.0909. The Morgan fingerprint density at radius 2 is 2.31 bits per heavy atom. The van der Waals surface area contributed by atoms with Gasteiger partial charge in [0.1, 0.15) is 0 Å². The molecule has 0 saturated carbocycles. The first-order valence-corrected chi connectivity index (χ1v) is 4.92. The maximum absolute atomic E-state index is 5.27. The molecule has 0 aliphatic rings. The summed E-state index contributed by atoms with van der Waals surface area (Å²) in [6.07, 6.45) is 7.28. The summed E-state index contributed by atoms with van der Waals surface area (Å²) in [4.78, 5) is 1.26. The molecule has 0 bridgehead atoms. The van der Waals surface area contributed by atoms with Crippen molar-refractivity contribution in [2.75, 3.05) is 0 Å². The van der Waals surface area contributed by atoms with Gasteiger partial charge in [0.2, 0.25) is 0 Å². The number of hydrogen-bond acceptors (Lipinski definition) is 1. The Balaban J connectivity index is 2.42. The van der Waals surface area contributed by atoms with Crippen LogP contribution in [0, 0.1) is 12.3 Å². The SMILES string of the molecule is C#CCn1cccc1-c1cccs1. The molecule has 2 aromatic heterocycles.